The fraction of sp³-hybridized carbons (Fsp3) is 0.150. The standard InChI is InChI=1S/C20H15F3N2O3S2/c21-20(22,23)16-3-1-2-4-17(16)25-18(26)9-28-19(27)13-5-7-15(8-6-13)30-11-14-10-29-12-24-14/h1-8,10,12H,9,11H2,(H,25,26). The van der Waals surface area contributed by atoms with E-state index in [1.807, 2.05) is 5.38 Å². The average Bonchev–Trinajstić information content (AvgIpc) is 3.24. The SMILES string of the molecule is O=C(COC(=O)c1ccc(SCc2cscn2)cc1)Nc1ccccc1C(F)(F)F. The maximum Gasteiger partial charge on any atom is 0.418 e. The fourth-order valence-electron chi connectivity index (χ4n) is 2.39. The number of nitrogens with one attached hydrogen (secondary N) is 1. The molecule has 10 heteroatoms. The van der Waals surface area contributed by atoms with Crippen LogP contribution in [-0.4, -0.2) is 23.5 Å². The highest BCUT2D eigenvalue weighted by atomic mass is 32.2. The van der Waals surface area contributed by atoms with Crippen molar-refractivity contribution in [3.8, 4) is 0 Å². The lowest BCUT2D eigenvalue weighted by Gasteiger charge is -2.13. The number of esters is 1. The van der Waals surface area contributed by atoms with Gasteiger partial charge in [-0.25, -0.2) is 9.78 Å². The first-order valence-corrected chi connectivity index (χ1v) is 10.5. The third-order valence-corrected chi connectivity index (χ3v) is 5.48. The molecule has 156 valence electrons. The summed E-state index contributed by atoms with van der Waals surface area (Å²) in [5, 5.41) is 4.07. The number of aromatic nitrogens is 1. The van der Waals surface area contributed by atoms with Crippen LogP contribution in [0.25, 0.3) is 0 Å². The van der Waals surface area contributed by atoms with E-state index in [1.54, 1.807) is 41.5 Å². The van der Waals surface area contributed by atoms with Crippen LogP contribution in [0, 0.1) is 0 Å². The minimum absolute atomic E-state index is 0.233. The summed E-state index contributed by atoms with van der Waals surface area (Å²) < 4.78 is 43.8. The Kier molecular flexibility index (Phi) is 7.11. The topological polar surface area (TPSA) is 68.3 Å². The summed E-state index contributed by atoms with van der Waals surface area (Å²) in [6.45, 7) is -0.703. The molecular weight excluding hydrogens is 437 g/mol. The first-order valence-electron chi connectivity index (χ1n) is 8.56. The maximum atomic E-state index is 13.0. The monoisotopic (exact) mass is 452 g/mol. The van der Waals surface area contributed by atoms with Gasteiger partial charge in [0, 0.05) is 16.0 Å². The number of thiazole rings is 1. The van der Waals surface area contributed by atoms with Crippen LogP contribution in [0.1, 0.15) is 21.6 Å². The van der Waals surface area contributed by atoms with Crippen molar-refractivity contribution < 1.29 is 27.5 Å². The van der Waals surface area contributed by atoms with Gasteiger partial charge in [0.15, 0.2) is 6.61 Å². The van der Waals surface area contributed by atoms with Crippen LogP contribution < -0.4 is 5.32 Å². The van der Waals surface area contributed by atoms with Crippen molar-refractivity contribution in [1.82, 2.24) is 4.98 Å². The largest absolute Gasteiger partial charge is 0.452 e. The highest BCUT2D eigenvalue weighted by Crippen LogP contribution is 2.34. The quantitative estimate of drug-likeness (QED) is 0.392. The summed E-state index contributed by atoms with van der Waals surface area (Å²) in [6, 6.07) is 11.2. The molecule has 3 aromatic rings. The van der Waals surface area contributed by atoms with Crippen molar-refractivity contribution in [2.45, 2.75) is 16.8 Å². The summed E-state index contributed by atoms with van der Waals surface area (Å²) in [4.78, 5) is 29.1. The minimum atomic E-state index is -4.61. The zero-order valence-electron chi connectivity index (χ0n) is 15.3. The average molecular weight is 452 g/mol. The summed E-state index contributed by atoms with van der Waals surface area (Å²) in [7, 11) is 0. The minimum Gasteiger partial charge on any atom is -0.452 e. The molecule has 0 aliphatic carbocycles. The zero-order chi connectivity index (χ0) is 21.6. The molecule has 0 aliphatic heterocycles. The number of thioether (sulfide) groups is 1. The number of alkyl halides is 3. The number of hydrogen-bond donors (Lipinski definition) is 1. The lowest BCUT2D eigenvalue weighted by atomic mass is 10.1. The summed E-state index contributed by atoms with van der Waals surface area (Å²) in [5.74, 6) is -0.909. The molecule has 3 rings (SSSR count). The fourth-order valence-corrected chi connectivity index (χ4v) is 3.86. The molecule has 1 amide bonds. The van der Waals surface area contributed by atoms with Gasteiger partial charge in [-0.15, -0.1) is 23.1 Å². The van der Waals surface area contributed by atoms with Crippen LogP contribution in [0.4, 0.5) is 18.9 Å². The lowest BCUT2D eigenvalue weighted by Crippen LogP contribution is -2.22. The molecule has 1 N–H and O–H groups in total. The van der Waals surface area contributed by atoms with Gasteiger partial charge in [-0.1, -0.05) is 12.1 Å². The molecular formula is C20H15F3N2O3S2. The number of carbonyl (C=O) groups excluding carboxylic acids is 2. The van der Waals surface area contributed by atoms with Gasteiger partial charge < -0.3 is 10.1 Å². The Bertz CT molecular complexity index is 1010. The molecule has 0 unspecified atom stereocenters. The number of halogens is 3. The predicted octanol–water partition coefficient (Wildman–Crippen LogP) is 5.25. The molecule has 0 fully saturated rings. The summed E-state index contributed by atoms with van der Waals surface area (Å²) in [6.07, 6.45) is -4.61. The van der Waals surface area contributed by atoms with Crippen molar-refractivity contribution in [3.63, 3.8) is 0 Å². The molecule has 0 saturated carbocycles. The number of benzene rings is 2. The Balaban J connectivity index is 1.51. The highest BCUT2D eigenvalue weighted by Gasteiger charge is 2.33. The van der Waals surface area contributed by atoms with Gasteiger partial charge in [0.05, 0.1) is 28.0 Å². The lowest BCUT2D eigenvalue weighted by molar-refractivity contribution is -0.137. The number of nitrogens with zero attached hydrogens (tertiary/aromatic N) is 1. The molecule has 2 aromatic carbocycles. The van der Waals surface area contributed by atoms with E-state index >= 15 is 0 Å². The van der Waals surface area contributed by atoms with E-state index in [-0.39, 0.29) is 5.56 Å². The predicted molar refractivity (Wildman–Crippen MR) is 108 cm³/mol. The van der Waals surface area contributed by atoms with E-state index in [1.165, 1.54) is 23.5 Å². The number of rotatable bonds is 7. The van der Waals surface area contributed by atoms with Crippen LogP contribution in [0.5, 0.6) is 0 Å². The number of hydrogen-bond acceptors (Lipinski definition) is 6. The second-order valence-corrected chi connectivity index (χ2v) is 7.73. The van der Waals surface area contributed by atoms with Gasteiger partial charge in [0.1, 0.15) is 0 Å². The first kappa shape index (κ1) is 21.8. The molecule has 1 heterocycles. The van der Waals surface area contributed by atoms with Crippen LogP contribution in [0.15, 0.2) is 64.3 Å². The van der Waals surface area contributed by atoms with Crippen molar-refractivity contribution in [1.29, 1.82) is 0 Å². The first-order chi connectivity index (χ1) is 14.3. The number of amides is 1. The molecule has 0 atom stereocenters. The highest BCUT2D eigenvalue weighted by molar-refractivity contribution is 7.98. The molecule has 0 bridgehead atoms. The van der Waals surface area contributed by atoms with Crippen molar-refractivity contribution >= 4 is 40.7 Å². The van der Waals surface area contributed by atoms with Crippen molar-refractivity contribution in [2.24, 2.45) is 0 Å². The maximum absolute atomic E-state index is 13.0. The Morgan fingerprint density at radius 1 is 1.10 bits per heavy atom. The van der Waals surface area contributed by atoms with Gasteiger partial charge in [-0.3, -0.25) is 4.79 Å². The smallest absolute Gasteiger partial charge is 0.418 e. The Labute approximate surface area is 178 Å². The second-order valence-electron chi connectivity index (χ2n) is 5.96. The van der Waals surface area contributed by atoms with Crippen LogP contribution in [0.2, 0.25) is 0 Å². The third-order valence-electron chi connectivity index (χ3n) is 3.80. The molecule has 0 spiro atoms. The molecule has 1 aromatic heterocycles. The van der Waals surface area contributed by atoms with E-state index < -0.39 is 35.9 Å². The molecule has 30 heavy (non-hydrogen) atoms. The second kappa shape index (κ2) is 9.77. The van der Waals surface area contributed by atoms with Gasteiger partial charge in [-0.05, 0) is 36.4 Å². The third kappa shape index (κ3) is 6.07. The van der Waals surface area contributed by atoms with Crippen LogP contribution >= 0.6 is 23.1 Å². The number of carbonyl (C=O) groups is 2. The van der Waals surface area contributed by atoms with E-state index in [9.17, 15) is 22.8 Å². The summed E-state index contributed by atoms with van der Waals surface area (Å²) >= 11 is 3.07. The van der Waals surface area contributed by atoms with E-state index in [0.717, 1.165) is 22.7 Å². The normalized spacial score (nSPS) is 11.2. The van der Waals surface area contributed by atoms with Crippen LogP contribution in [0.3, 0.4) is 0 Å². The number of para-hydroxylation sites is 1. The molecule has 0 saturated heterocycles. The Hall–Kier alpha value is -2.85. The molecule has 0 aliphatic rings. The Morgan fingerprint density at radius 3 is 2.50 bits per heavy atom. The number of ether oxygens (including phenoxy) is 1. The van der Waals surface area contributed by atoms with Gasteiger partial charge >= 0.3 is 12.1 Å². The van der Waals surface area contributed by atoms with Gasteiger partial charge in [-0.2, -0.15) is 13.2 Å². The van der Waals surface area contributed by atoms with Crippen LogP contribution in [-0.2, 0) is 21.5 Å². The molecule has 0 radical (unpaired) electrons. The molecule has 5 nitrogen and oxygen atoms in total. The van der Waals surface area contributed by atoms with Gasteiger partial charge in [0.2, 0.25) is 0 Å². The van der Waals surface area contributed by atoms with E-state index in [2.05, 4.69) is 10.3 Å². The number of anilines is 1. The van der Waals surface area contributed by atoms with Crippen molar-refractivity contribution in [3.05, 3.63) is 76.2 Å². The Morgan fingerprint density at radius 2 is 1.83 bits per heavy atom. The van der Waals surface area contributed by atoms with E-state index in [0.29, 0.717) is 5.75 Å². The zero-order valence-corrected chi connectivity index (χ0v) is 16.9. The van der Waals surface area contributed by atoms with Crippen molar-refractivity contribution in [2.75, 3.05) is 11.9 Å². The van der Waals surface area contributed by atoms with E-state index in [4.69, 9.17) is 4.74 Å². The summed E-state index contributed by atoms with van der Waals surface area (Å²) in [5.41, 5.74) is 1.58. The van der Waals surface area contributed by atoms with Gasteiger partial charge in [0.25, 0.3) is 5.91 Å².